The zero-order valence-corrected chi connectivity index (χ0v) is 19.9. The first-order chi connectivity index (χ1) is 17.1. The number of carbonyl (C=O) groups is 2. The number of fused-ring (bicyclic) bond motifs is 1. The van der Waals surface area contributed by atoms with E-state index >= 15 is 0 Å². The highest BCUT2D eigenvalue weighted by atomic mass is 19.3. The molecule has 188 valence electrons. The number of Topliss-reactive ketones (excluding diaryl/α,β-unsaturated/α-hetero) is 1. The molecule has 8 nitrogen and oxygen atoms in total. The molecule has 1 aliphatic heterocycles. The zero-order valence-electron chi connectivity index (χ0n) is 19.9. The summed E-state index contributed by atoms with van der Waals surface area (Å²) in [5.41, 5.74) is 2.99. The number of halogens is 2. The van der Waals surface area contributed by atoms with Crippen LogP contribution >= 0.6 is 0 Å². The van der Waals surface area contributed by atoms with Crippen LogP contribution < -0.4 is 19.5 Å². The molecule has 1 amide bonds. The van der Waals surface area contributed by atoms with Crippen LogP contribution in [0.1, 0.15) is 38.0 Å². The van der Waals surface area contributed by atoms with Crippen LogP contribution in [-0.4, -0.2) is 35.1 Å². The van der Waals surface area contributed by atoms with Crippen molar-refractivity contribution in [2.75, 3.05) is 12.4 Å². The van der Waals surface area contributed by atoms with Gasteiger partial charge in [0.2, 0.25) is 11.8 Å². The molecule has 1 saturated carbocycles. The SMILES string of the molecule is COc1ncc(-c2nc(CC(=O)C3(c4ccc5c(c4)OC(F)(F)O5)CC3)ccc2C)cc1NC(C)=O.[HH]. The maximum Gasteiger partial charge on any atom is 0.586 e. The zero-order chi connectivity index (χ0) is 25.7. The second-order valence-electron chi connectivity index (χ2n) is 8.94. The van der Waals surface area contributed by atoms with Crippen LogP contribution in [0.5, 0.6) is 17.4 Å². The van der Waals surface area contributed by atoms with Crippen molar-refractivity contribution in [2.24, 2.45) is 0 Å². The van der Waals surface area contributed by atoms with Gasteiger partial charge in [-0.25, -0.2) is 4.98 Å². The Kier molecular flexibility index (Phi) is 5.61. The first-order valence-corrected chi connectivity index (χ1v) is 11.3. The molecule has 1 fully saturated rings. The Labute approximate surface area is 207 Å². The molecule has 2 aromatic heterocycles. The molecule has 3 aromatic rings. The third kappa shape index (κ3) is 4.34. The minimum absolute atomic E-state index is 0. The smallest absolute Gasteiger partial charge is 0.480 e. The van der Waals surface area contributed by atoms with Crippen molar-refractivity contribution < 1.29 is 34.0 Å². The molecule has 5 rings (SSSR count). The molecule has 0 atom stereocenters. The number of hydrogen-bond acceptors (Lipinski definition) is 7. The van der Waals surface area contributed by atoms with E-state index in [9.17, 15) is 18.4 Å². The Hall–Kier alpha value is -4.08. The lowest BCUT2D eigenvalue weighted by molar-refractivity contribution is -0.286. The number of amides is 1. The molecule has 1 N–H and O–H groups in total. The average Bonchev–Trinajstić information content (AvgIpc) is 3.57. The lowest BCUT2D eigenvalue weighted by Crippen LogP contribution is -2.26. The number of aromatic nitrogens is 2. The van der Waals surface area contributed by atoms with Crippen LogP contribution in [0, 0.1) is 6.92 Å². The number of nitrogens with zero attached hydrogens (tertiary/aromatic N) is 2. The quantitative estimate of drug-likeness (QED) is 0.499. The molecule has 0 saturated heterocycles. The van der Waals surface area contributed by atoms with E-state index in [-0.39, 0.29) is 36.9 Å². The summed E-state index contributed by atoms with van der Waals surface area (Å²) in [5, 5.41) is 2.70. The van der Waals surface area contributed by atoms with Crippen LogP contribution in [0.25, 0.3) is 11.3 Å². The molecule has 1 aromatic carbocycles. The molecule has 0 bridgehead atoms. The summed E-state index contributed by atoms with van der Waals surface area (Å²) in [6.45, 7) is 3.28. The number of benzene rings is 1. The topological polar surface area (TPSA) is 99.6 Å². The van der Waals surface area contributed by atoms with Crippen molar-refractivity contribution in [2.45, 2.75) is 44.8 Å². The van der Waals surface area contributed by atoms with E-state index in [4.69, 9.17) is 9.72 Å². The number of pyridine rings is 2. The number of ketones is 1. The third-order valence-electron chi connectivity index (χ3n) is 6.36. The van der Waals surface area contributed by atoms with Crippen molar-refractivity contribution >= 4 is 17.4 Å². The molecule has 10 heteroatoms. The lowest BCUT2D eigenvalue weighted by atomic mass is 9.88. The van der Waals surface area contributed by atoms with Crippen molar-refractivity contribution in [3.8, 4) is 28.6 Å². The van der Waals surface area contributed by atoms with Crippen LogP contribution in [0.2, 0.25) is 0 Å². The predicted octanol–water partition coefficient (Wildman–Crippen LogP) is 4.83. The highest BCUT2D eigenvalue weighted by Crippen LogP contribution is 2.52. The van der Waals surface area contributed by atoms with Crippen molar-refractivity contribution in [3.05, 3.63) is 59.4 Å². The van der Waals surface area contributed by atoms with Crippen LogP contribution in [0.15, 0.2) is 42.6 Å². The molecule has 2 aliphatic rings. The number of hydrogen-bond donors (Lipinski definition) is 1. The highest BCUT2D eigenvalue weighted by molar-refractivity contribution is 5.95. The maximum absolute atomic E-state index is 13.4. The van der Waals surface area contributed by atoms with E-state index in [1.807, 2.05) is 13.0 Å². The van der Waals surface area contributed by atoms with E-state index in [0.29, 0.717) is 41.0 Å². The second kappa shape index (κ2) is 8.54. The first kappa shape index (κ1) is 23.7. The minimum atomic E-state index is -3.71. The predicted molar refractivity (Wildman–Crippen MR) is 127 cm³/mol. The fourth-order valence-electron chi connectivity index (χ4n) is 4.42. The Morgan fingerprint density at radius 1 is 1.14 bits per heavy atom. The summed E-state index contributed by atoms with van der Waals surface area (Å²) >= 11 is 0. The number of alkyl halides is 2. The average molecular weight is 497 g/mol. The highest BCUT2D eigenvalue weighted by Gasteiger charge is 2.52. The fourth-order valence-corrected chi connectivity index (χ4v) is 4.42. The molecular formula is C26H25F2N3O5. The van der Waals surface area contributed by atoms with Gasteiger partial charge < -0.3 is 19.5 Å². The van der Waals surface area contributed by atoms with Gasteiger partial charge in [0.15, 0.2) is 11.5 Å². The Bertz CT molecular complexity index is 1390. The van der Waals surface area contributed by atoms with Gasteiger partial charge >= 0.3 is 6.29 Å². The summed E-state index contributed by atoms with van der Waals surface area (Å²) in [6.07, 6.45) is -0.817. The largest absolute Gasteiger partial charge is 0.586 e. The molecule has 36 heavy (non-hydrogen) atoms. The summed E-state index contributed by atoms with van der Waals surface area (Å²) in [4.78, 5) is 33.9. The third-order valence-corrected chi connectivity index (χ3v) is 6.36. The number of carbonyl (C=O) groups excluding carboxylic acids is 2. The van der Waals surface area contributed by atoms with Crippen molar-refractivity contribution in [1.29, 1.82) is 0 Å². The molecule has 0 unspecified atom stereocenters. The molecule has 0 radical (unpaired) electrons. The number of anilines is 1. The number of nitrogens with one attached hydrogen (secondary N) is 1. The van der Waals surface area contributed by atoms with Crippen LogP contribution in [-0.2, 0) is 21.4 Å². The Morgan fingerprint density at radius 3 is 2.58 bits per heavy atom. The van der Waals surface area contributed by atoms with Crippen LogP contribution in [0.4, 0.5) is 14.5 Å². The lowest BCUT2D eigenvalue weighted by Gasteiger charge is -2.16. The number of ether oxygens (including phenoxy) is 3. The normalized spacial score (nSPS) is 16.4. The van der Waals surface area contributed by atoms with Crippen molar-refractivity contribution in [1.82, 2.24) is 9.97 Å². The van der Waals surface area contributed by atoms with Gasteiger partial charge in [-0.15, -0.1) is 8.78 Å². The number of rotatable bonds is 7. The van der Waals surface area contributed by atoms with E-state index in [1.165, 1.54) is 26.2 Å². The van der Waals surface area contributed by atoms with E-state index in [2.05, 4.69) is 19.8 Å². The van der Waals surface area contributed by atoms with E-state index in [0.717, 1.165) is 5.56 Å². The summed E-state index contributed by atoms with van der Waals surface area (Å²) in [6, 6.07) is 9.88. The summed E-state index contributed by atoms with van der Waals surface area (Å²) in [5.74, 6) is -0.173. The van der Waals surface area contributed by atoms with Gasteiger partial charge in [0, 0.05) is 32.2 Å². The van der Waals surface area contributed by atoms with Gasteiger partial charge in [0.1, 0.15) is 11.5 Å². The van der Waals surface area contributed by atoms with Gasteiger partial charge in [0.05, 0.1) is 18.2 Å². The molecule has 1 aliphatic carbocycles. The van der Waals surface area contributed by atoms with Gasteiger partial charge in [-0.3, -0.25) is 14.6 Å². The monoisotopic (exact) mass is 497 g/mol. The second-order valence-corrected chi connectivity index (χ2v) is 8.94. The Morgan fingerprint density at radius 2 is 1.89 bits per heavy atom. The van der Waals surface area contributed by atoms with Crippen molar-refractivity contribution in [3.63, 3.8) is 0 Å². The standard InChI is InChI=1S/C26H23F2N3O5.H2/c1-14-4-6-18(31-23(14)16-10-19(30-15(2)32)24(34-3)29-13-16)12-22(33)25(8-9-25)17-5-7-20-21(11-17)36-26(27,28)35-20;/h4-7,10-11,13H,8-9,12H2,1-3H3,(H,30,32);1H. The van der Waals surface area contributed by atoms with Gasteiger partial charge in [-0.2, -0.15) is 0 Å². The summed E-state index contributed by atoms with van der Waals surface area (Å²) < 4.78 is 41.1. The van der Waals surface area contributed by atoms with Gasteiger partial charge in [0.25, 0.3) is 0 Å². The molecule has 0 spiro atoms. The molecule has 3 heterocycles. The number of aryl methyl sites for hydroxylation is 1. The summed E-state index contributed by atoms with van der Waals surface area (Å²) in [7, 11) is 1.46. The van der Waals surface area contributed by atoms with E-state index < -0.39 is 11.7 Å². The van der Waals surface area contributed by atoms with E-state index in [1.54, 1.807) is 24.4 Å². The number of methoxy groups -OCH3 is 1. The Balaban J connectivity index is 0.00000320. The first-order valence-electron chi connectivity index (χ1n) is 11.3. The maximum atomic E-state index is 13.4. The van der Waals surface area contributed by atoms with Gasteiger partial charge in [-0.1, -0.05) is 12.1 Å². The van der Waals surface area contributed by atoms with Gasteiger partial charge in [-0.05, 0) is 55.2 Å². The fraction of sp³-hybridized carbons (Fsp3) is 0.308. The van der Waals surface area contributed by atoms with Crippen LogP contribution in [0.3, 0.4) is 0 Å². The minimum Gasteiger partial charge on any atom is -0.480 e. The molecular weight excluding hydrogens is 472 g/mol.